The van der Waals surface area contributed by atoms with E-state index in [1.807, 2.05) is 0 Å². The molecule has 0 heterocycles. The fourth-order valence-electron chi connectivity index (χ4n) is 1.73. The van der Waals surface area contributed by atoms with Crippen molar-refractivity contribution in [3.63, 3.8) is 0 Å². The molecule has 4 nitrogen and oxygen atoms in total. The molecular weight excluding hydrogens is 274 g/mol. The maximum Gasteiger partial charge on any atom is 0.215 e. The number of ether oxygens (including phenoxy) is 1. The van der Waals surface area contributed by atoms with Crippen LogP contribution < -0.4 is 10.1 Å². The average Bonchev–Trinajstić information content (AvgIpc) is 2.45. The van der Waals surface area contributed by atoms with Crippen LogP contribution in [0.5, 0.6) is 5.75 Å². The first-order valence-corrected chi connectivity index (χ1v) is 7.13. The summed E-state index contributed by atoms with van der Waals surface area (Å²) in [5, 5.41) is 3.11. The van der Waals surface area contributed by atoms with E-state index in [2.05, 4.69) is 24.1 Å². The molecule has 1 amide bonds. The van der Waals surface area contributed by atoms with E-state index in [9.17, 15) is 4.79 Å². The fourth-order valence-corrected chi connectivity index (χ4v) is 1.97. The van der Waals surface area contributed by atoms with E-state index in [4.69, 9.17) is 24.2 Å². The predicted molar refractivity (Wildman–Crippen MR) is 83.9 cm³/mol. The number of nitrogens with zero attached hydrogens (tertiary/aromatic N) is 1. The standard InChI is InChI=1S/C14H20BClN2O2/c1-3-18(4-2)7-8-20-13-6-5-11(9-12(13)16)17-14(19)10-15/h5-6,9H,3-4,7-8,10H2,1-2H3,(H,17,19). The van der Waals surface area contributed by atoms with Crippen molar-refractivity contribution in [2.45, 2.75) is 20.2 Å². The summed E-state index contributed by atoms with van der Waals surface area (Å²) in [5.41, 5.74) is 0.613. The number of carbonyl (C=O) groups excluding carboxylic acids is 1. The highest BCUT2D eigenvalue weighted by molar-refractivity contribution is 6.32. The Kier molecular flexibility index (Phi) is 7.48. The third-order valence-corrected chi connectivity index (χ3v) is 3.26. The SMILES string of the molecule is [B]CC(=O)Nc1ccc(OCCN(CC)CC)c(Cl)c1. The molecule has 20 heavy (non-hydrogen) atoms. The lowest BCUT2D eigenvalue weighted by Crippen LogP contribution is -2.27. The van der Waals surface area contributed by atoms with E-state index in [1.54, 1.807) is 18.2 Å². The number of halogens is 1. The van der Waals surface area contributed by atoms with Crippen molar-refractivity contribution in [1.29, 1.82) is 0 Å². The zero-order valence-electron chi connectivity index (χ0n) is 12.0. The highest BCUT2D eigenvalue weighted by atomic mass is 35.5. The Labute approximate surface area is 126 Å². The lowest BCUT2D eigenvalue weighted by Gasteiger charge is -2.18. The number of anilines is 1. The third-order valence-electron chi connectivity index (χ3n) is 2.96. The molecule has 1 rings (SSSR count). The van der Waals surface area contributed by atoms with Gasteiger partial charge < -0.3 is 15.0 Å². The van der Waals surface area contributed by atoms with Gasteiger partial charge in [0.15, 0.2) is 0 Å². The summed E-state index contributed by atoms with van der Waals surface area (Å²) in [5.74, 6) is 0.362. The van der Waals surface area contributed by atoms with Crippen LogP contribution in [0.25, 0.3) is 0 Å². The Hall–Kier alpha value is -1.20. The van der Waals surface area contributed by atoms with Gasteiger partial charge in [-0.3, -0.25) is 4.79 Å². The molecule has 6 heteroatoms. The zero-order valence-corrected chi connectivity index (χ0v) is 12.7. The number of rotatable bonds is 8. The average molecular weight is 295 g/mol. The third kappa shape index (κ3) is 5.43. The number of nitrogens with one attached hydrogen (secondary N) is 1. The summed E-state index contributed by atoms with van der Waals surface area (Å²) in [6.07, 6.45) is -0.0558. The van der Waals surface area contributed by atoms with Gasteiger partial charge >= 0.3 is 0 Å². The lowest BCUT2D eigenvalue weighted by atomic mass is 10.1. The normalized spacial score (nSPS) is 10.6. The molecule has 0 aromatic heterocycles. The number of amides is 1. The molecule has 108 valence electrons. The maximum atomic E-state index is 11.2. The number of benzene rings is 1. The molecule has 2 radical (unpaired) electrons. The first-order chi connectivity index (χ1) is 9.60. The molecule has 0 aliphatic heterocycles. The molecule has 1 N–H and O–H groups in total. The molecule has 0 saturated carbocycles. The second-order valence-electron chi connectivity index (χ2n) is 4.27. The van der Waals surface area contributed by atoms with Gasteiger partial charge in [-0.25, -0.2) is 0 Å². The van der Waals surface area contributed by atoms with E-state index in [0.29, 0.717) is 23.1 Å². The van der Waals surface area contributed by atoms with E-state index in [1.165, 1.54) is 0 Å². The second-order valence-corrected chi connectivity index (χ2v) is 4.68. The molecule has 0 saturated heterocycles. The summed E-state index contributed by atoms with van der Waals surface area (Å²) in [6.45, 7) is 7.66. The molecular formula is C14H20BClN2O2. The number of hydrogen-bond acceptors (Lipinski definition) is 3. The summed E-state index contributed by atoms with van der Waals surface area (Å²) in [6, 6.07) is 5.14. The maximum absolute atomic E-state index is 11.2. The van der Waals surface area contributed by atoms with Crippen molar-refractivity contribution in [3.8, 4) is 5.75 Å². The highest BCUT2D eigenvalue weighted by Crippen LogP contribution is 2.27. The summed E-state index contributed by atoms with van der Waals surface area (Å²) < 4.78 is 5.65. The van der Waals surface area contributed by atoms with Gasteiger partial charge in [0.25, 0.3) is 0 Å². The highest BCUT2D eigenvalue weighted by Gasteiger charge is 2.06. The van der Waals surface area contributed by atoms with E-state index in [-0.39, 0.29) is 12.2 Å². The molecule has 0 atom stereocenters. The van der Waals surface area contributed by atoms with E-state index in [0.717, 1.165) is 19.6 Å². The number of likely N-dealkylation sites (N-methyl/N-ethyl adjacent to an activating group) is 1. The van der Waals surface area contributed by atoms with Crippen molar-refractivity contribution >= 4 is 31.0 Å². The summed E-state index contributed by atoms with van der Waals surface area (Å²) in [7, 11) is 5.23. The fraction of sp³-hybridized carbons (Fsp3) is 0.500. The van der Waals surface area contributed by atoms with Gasteiger partial charge in [-0.15, -0.1) is 0 Å². The minimum Gasteiger partial charge on any atom is -0.491 e. The van der Waals surface area contributed by atoms with Crippen LogP contribution in [-0.2, 0) is 4.79 Å². The van der Waals surface area contributed by atoms with E-state index >= 15 is 0 Å². The van der Waals surface area contributed by atoms with Gasteiger partial charge in [-0.2, -0.15) is 0 Å². The zero-order chi connectivity index (χ0) is 15.0. The molecule has 0 aliphatic rings. The molecule has 1 aromatic carbocycles. The first kappa shape index (κ1) is 16.9. The van der Waals surface area contributed by atoms with Gasteiger partial charge in [0.2, 0.25) is 5.91 Å². The minimum absolute atomic E-state index is 0.0558. The van der Waals surface area contributed by atoms with Crippen LogP contribution in [0.4, 0.5) is 5.69 Å². The molecule has 0 aliphatic carbocycles. The molecule has 1 aromatic rings. The Morgan fingerprint density at radius 1 is 1.40 bits per heavy atom. The van der Waals surface area contributed by atoms with Crippen molar-refractivity contribution in [2.24, 2.45) is 0 Å². The van der Waals surface area contributed by atoms with Crippen molar-refractivity contribution in [3.05, 3.63) is 23.2 Å². The van der Waals surface area contributed by atoms with Gasteiger partial charge in [-0.05, 0) is 37.6 Å². The quantitative estimate of drug-likeness (QED) is 0.749. The minimum atomic E-state index is -0.253. The number of hydrogen-bond donors (Lipinski definition) is 1. The molecule has 0 spiro atoms. The molecule has 0 unspecified atom stereocenters. The van der Waals surface area contributed by atoms with Crippen LogP contribution >= 0.6 is 11.6 Å². The van der Waals surface area contributed by atoms with Crippen LogP contribution in [0.2, 0.25) is 11.3 Å². The monoisotopic (exact) mass is 294 g/mol. The summed E-state index contributed by atoms with van der Waals surface area (Å²) >= 11 is 6.12. The second kappa shape index (κ2) is 8.87. The van der Waals surface area contributed by atoms with Crippen LogP contribution in [0.1, 0.15) is 13.8 Å². The van der Waals surface area contributed by atoms with Gasteiger partial charge in [0, 0.05) is 12.2 Å². The number of carbonyl (C=O) groups is 1. The van der Waals surface area contributed by atoms with Crippen LogP contribution in [-0.4, -0.2) is 44.9 Å². The van der Waals surface area contributed by atoms with Crippen LogP contribution in [0.15, 0.2) is 18.2 Å². The largest absolute Gasteiger partial charge is 0.491 e. The van der Waals surface area contributed by atoms with Crippen LogP contribution in [0.3, 0.4) is 0 Å². The topological polar surface area (TPSA) is 41.6 Å². The Bertz CT molecular complexity index is 439. The molecule has 0 fully saturated rings. The van der Waals surface area contributed by atoms with Crippen molar-refractivity contribution in [2.75, 3.05) is 31.6 Å². The Morgan fingerprint density at radius 3 is 2.65 bits per heavy atom. The Balaban J connectivity index is 2.53. The predicted octanol–water partition coefficient (Wildman–Crippen LogP) is 2.59. The van der Waals surface area contributed by atoms with Crippen molar-refractivity contribution < 1.29 is 9.53 Å². The van der Waals surface area contributed by atoms with E-state index < -0.39 is 0 Å². The Morgan fingerprint density at radius 2 is 2.10 bits per heavy atom. The lowest BCUT2D eigenvalue weighted by molar-refractivity contribution is -0.114. The van der Waals surface area contributed by atoms with Gasteiger partial charge in [0.05, 0.1) is 12.9 Å². The van der Waals surface area contributed by atoms with Crippen molar-refractivity contribution in [1.82, 2.24) is 4.90 Å². The van der Waals surface area contributed by atoms with Gasteiger partial charge in [0.1, 0.15) is 12.4 Å². The summed E-state index contributed by atoms with van der Waals surface area (Å²) in [4.78, 5) is 13.4. The van der Waals surface area contributed by atoms with Gasteiger partial charge in [-0.1, -0.05) is 25.4 Å². The van der Waals surface area contributed by atoms with Crippen LogP contribution in [0, 0.1) is 0 Å². The smallest absolute Gasteiger partial charge is 0.215 e. The molecule has 0 bridgehead atoms. The first-order valence-electron chi connectivity index (χ1n) is 6.75.